The van der Waals surface area contributed by atoms with Gasteiger partial charge in [0.15, 0.2) is 0 Å². The summed E-state index contributed by atoms with van der Waals surface area (Å²) in [6, 6.07) is 7.86. The SMILES string of the molecule is C=C(C)CCC(=O)CCc1ccc(OC)cc1. The summed E-state index contributed by atoms with van der Waals surface area (Å²) in [7, 11) is 1.65. The minimum Gasteiger partial charge on any atom is -0.497 e. The fourth-order valence-corrected chi connectivity index (χ4v) is 1.55. The lowest BCUT2D eigenvalue weighted by Crippen LogP contribution is -2.00. The lowest BCUT2D eigenvalue weighted by molar-refractivity contribution is -0.119. The first kappa shape index (κ1) is 13.5. The third-order valence-electron chi connectivity index (χ3n) is 2.68. The quantitative estimate of drug-likeness (QED) is 0.672. The Morgan fingerprint density at radius 2 is 1.82 bits per heavy atom. The van der Waals surface area contributed by atoms with E-state index in [0.29, 0.717) is 18.6 Å². The maximum absolute atomic E-state index is 11.6. The van der Waals surface area contributed by atoms with Crippen molar-refractivity contribution in [3.63, 3.8) is 0 Å². The molecule has 0 aliphatic carbocycles. The predicted octanol–water partition coefficient (Wildman–Crippen LogP) is 3.55. The average Bonchev–Trinajstić information content (AvgIpc) is 2.34. The molecule has 0 atom stereocenters. The van der Waals surface area contributed by atoms with Crippen molar-refractivity contribution in [2.75, 3.05) is 7.11 Å². The predicted molar refractivity (Wildman–Crippen MR) is 70.4 cm³/mol. The Hall–Kier alpha value is -1.57. The van der Waals surface area contributed by atoms with E-state index in [-0.39, 0.29) is 0 Å². The first-order valence-corrected chi connectivity index (χ1v) is 5.91. The molecule has 2 heteroatoms. The number of ether oxygens (including phenoxy) is 1. The van der Waals surface area contributed by atoms with Gasteiger partial charge in [-0.25, -0.2) is 0 Å². The molecule has 1 aromatic carbocycles. The molecule has 0 unspecified atom stereocenters. The van der Waals surface area contributed by atoms with Gasteiger partial charge in [0.05, 0.1) is 7.11 Å². The van der Waals surface area contributed by atoms with E-state index in [1.807, 2.05) is 31.2 Å². The summed E-state index contributed by atoms with van der Waals surface area (Å²) in [4.78, 5) is 11.6. The van der Waals surface area contributed by atoms with Crippen molar-refractivity contribution >= 4 is 5.78 Å². The highest BCUT2D eigenvalue weighted by molar-refractivity contribution is 5.78. The van der Waals surface area contributed by atoms with Crippen LogP contribution in [0.4, 0.5) is 0 Å². The number of methoxy groups -OCH3 is 1. The minimum atomic E-state index is 0.309. The number of benzene rings is 1. The van der Waals surface area contributed by atoms with Crippen molar-refractivity contribution in [1.82, 2.24) is 0 Å². The fraction of sp³-hybridized carbons (Fsp3) is 0.400. The second-order valence-corrected chi connectivity index (χ2v) is 4.34. The van der Waals surface area contributed by atoms with Crippen molar-refractivity contribution < 1.29 is 9.53 Å². The van der Waals surface area contributed by atoms with E-state index in [2.05, 4.69) is 6.58 Å². The van der Waals surface area contributed by atoms with Crippen LogP contribution in [0.5, 0.6) is 5.75 Å². The summed E-state index contributed by atoms with van der Waals surface area (Å²) >= 11 is 0. The van der Waals surface area contributed by atoms with Gasteiger partial charge in [0.2, 0.25) is 0 Å². The molecule has 0 N–H and O–H groups in total. The van der Waals surface area contributed by atoms with E-state index in [9.17, 15) is 4.79 Å². The molecule has 0 amide bonds. The normalized spacial score (nSPS) is 10.0. The van der Waals surface area contributed by atoms with Gasteiger partial charge in [-0.15, -0.1) is 6.58 Å². The molecular formula is C15H20O2. The van der Waals surface area contributed by atoms with Crippen LogP contribution in [0.25, 0.3) is 0 Å². The van der Waals surface area contributed by atoms with Gasteiger partial charge in [-0.1, -0.05) is 17.7 Å². The average molecular weight is 232 g/mol. The first-order chi connectivity index (χ1) is 8.11. The molecule has 0 radical (unpaired) electrons. The van der Waals surface area contributed by atoms with Crippen molar-refractivity contribution in [2.45, 2.75) is 32.6 Å². The standard InChI is InChI=1S/C15H20O2/c1-12(2)4-8-14(16)9-5-13-6-10-15(17-3)11-7-13/h6-7,10-11H,1,4-5,8-9H2,2-3H3. The van der Waals surface area contributed by atoms with Gasteiger partial charge in [0.1, 0.15) is 11.5 Å². The monoisotopic (exact) mass is 232 g/mol. The number of hydrogen-bond donors (Lipinski definition) is 0. The lowest BCUT2D eigenvalue weighted by atomic mass is 10.0. The molecule has 92 valence electrons. The Labute approximate surface area is 103 Å². The van der Waals surface area contributed by atoms with Crippen molar-refractivity contribution in [2.24, 2.45) is 0 Å². The molecule has 1 rings (SSSR count). The maximum atomic E-state index is 11.6. The zero-order valence-electron chi connectivity index (χ0n) is 10.7. The van der Waals surface area contributed by atoms with Crippen molar-refractivity contribution in [1.29, 1.82) is 0 Å². The third-order valence-corrected chi connectivity index (χ3v) is 2.68. The molecule has 0 saturated heterocycles. The number of Topliss-reactive ketones (excluding diaryl/α,β-unsaturated/α-hetero) is 1. The summed E-state index contributed by atoms with van der Waals surface area (Å²) in [6.07, 6.45) is 2.84. The van der Waals surface area contributed by atoms with Gasteiger partial charge >= 0.3 is 0 Å². The number of carbonyl (C=O) groups is 1. The van der Waals surface area contributed by atoms with Gasteiger partial charge in [0, 0.05) is 12.8 Å². The van der Waals surface area contributed by atoms with Gasteiger partial charge < -0.3 is 4.74 Å². The summed E-state index contributed by atoms with van der Waals surface area (Å²) in [5, 5.41) is 0. The molecule has 0 spiro atoms. The Morgan fingerprint density at radius 1 is 1.18 bits per heavy atom. The number of rotatable bonds is 7. The van der Waals surface area contributed by atoms with Gasteiger partial charge in [-0.3, -0.25) is 4.79 Å². The molecule has 0 aliphatic rings. The molecule has 0 fully saturated rings. The van der Waals surface area contributed by atoms with Crippen LogP contribution in [0.2, 0.25) is 0 Å². The van der Waals surface area contributed by atoms with Crippen LogP contribution in [0.15, 0.2) is 36.4 Å². The number of ketones is 1. The first-order valence-electron chi connectivity index (χ1n) is 5.91. The Kier molecular flexibility index (Phi) is 5.47. The summed E-state index contributed by atoms with van der Waals surface area (Å²) in [5.74, 6) is 1.16. The number of allylic oxidation sites excluding steroid dienone is 1. The van der Waals surface area contributed by atoms with Gasteiger partial charge in [-0.2, -0.15) is 0 Å². The number of aryl methyl sites for hydroxylation is 1. The Morgan fingerprint density at radius 3 is 2.35 bits per heavy atom. The zero-order chi connectivity index (χ0) is 12.7. The summed E-state index contributed by atoms with van der Waals surface area (Å²) < 4.78 is 5.08. The molecule has 0 heterocycles. The number of carbonyl (C=O) groups excluding carboxylic acids is 1. The topological polar surface area (TPSA) is 26.3 Å². The van der Waals surface area contributed by atoms with Crippen LogP contribution in [-0.4, -0.2) is 12.9 Å². The van der Waals surface area contributed by atoms with E-state index in [4.69, 9.17) is 4.74 Å². The van der Waals surface area contributed by atoms with E-state index < -0.39 is 0 Å². The molecule has 0 bridgehead atoms. The molecule has 17 heavy (non-hydrogen) atoms. The second kappa shape index (κ2) is 6.89. The highest BCUT2D eigenvalue weighted by Gasteiger charge is 2.03. The molecular weight excluding hydrogens is 212 g/mol. The number of hydrogen-bond acceptors (Lipinski definition) is 2. The largest absolute Gasteiger partial charge is 0.497 e. The molecule has 0 aromatic heterocycles. The summed E-state index contributed by atoms with van der Waals surface area (Å²) in [6.45, 7) is 5.75. The van der Waals surface area contributed by atoms with E-state index in [1.54, 1.807) is 7.11 Å². The van der Waals surface area contributed by atoms with Crippen LogP contribution < -0.4 is 4.74 Å². The van der Waals surface area contributed by atoms with Gasteiger partial charge in [-0.05, 0) is 37.5 Å². The van der Waals surface area contributed by atoms with E-state index in [1.165, 1.54) is 5.56 Å². The molecule has 1 aromatic rings. The third kappa shape index (κ3) is 5.34. The van der Waals surface area contributed by atoms with Crippen LogP contribution in [0.1, 0.15) is 31.7 Å². The van der Waals surface area contributed by atoms with E-state index in [0.717, 1.165) is 24.2 Å². The molecule has 2 nitrogen and oxygen atoms in total. The molecule has 0 saturated carbocycles. The Balaban J connectivity index is 2.34. The fourth-order valence-electron chi connectivity index (χ4n) is 1.55. The zero-order valence-corrected chi connectivity index (χ0v) is 10.7. The summed E-state index contributed by atoms with van der Waals surface area (Å²) in [5.41, 5.74) is 2.25. The van der Waals surface area contributed by atoms with Crippen LogP contribution >= 0.6 is 0 Å². The van der Waals surface area contributed by atoms with Crippen molar-refractivity contribution in [3.05, 3.63) is 42.0 Å². The highest BCUT2D eigenvalue weighted by Crippen LogP contribution is 2.13. The van der Waals surface area contributed by atoms with Crippen LogP contribution in [0, 0.1) is 0 Å². The minimum absolute atomic E-state index is 0.309. The smallest absolute Gasteiger partial charge is 0.133 e. The van der Waals surface area contributed by atoms with Crippen LogP contribution in [-0.2, 0) is 11.2 Å². The molecule has 0 aliphatic heterocycles. The van der Waals surface area contributed by atoms with Crippen molar-refractivity contribution in [3.8, 4) is 5.75 Å². The second-order valence-electron chi connectivity index (χ2n) is 4.34. The lowest BCUT2D eigenvalue weighted by Gasteiger charge is -2.03. The van der Waals surface area contributed by atoms with E-state index >= 15 is 0 Å². The highest BCUT2D eigenvalue weighted by atomic mass is 16.5. The maximum Gasteiger partial charge on any atom is 0.133 e. The Bertz CT molecular complexity index is 376. The van der Waals surface area contributed by atoms with Gasteiger partial charge in [0.25, 0.3) is 0 Å². The van der Waals surface area contributed by atoms with Crippen LogP contribution in [0.3, 0.4) is 0 Å².